The lowest BCUT2D eigenvalue weighted by atomic mass is 10.0. The molecule has 6 nitrogen and oxygen atoms in total. The van der Waals surface area contributed by atoms with Crippen molar-refractivity contribution < 1.29 is 19.8 Å². The molecular weight excluding hydrogens is 332 g/mol. The Morgan fingerprint density at radius 2 is 1.00 bits per heavy atom. The molecule has 0 atom stereocenters. The van der Waals surface area contributed by atoms with Crippen LogP contribution in [0.5, 0.6) is 0 Å². The quantitative estimate of drug-likeness (QED) is 0.480. The van der Waals surface area contributed by atoms with Crippen molar-refractivity contribution in [2.75, 3.05) is 10.6 Å². The molecule has 2 amide bonds. The van der Waals surface area contributed by atoms with Crippen molar-refractivity contribution in [3.63, 3.8) is 0 Å². The molecule has 0 aliphatic rings. The Kier molecular flexibility index (Phi) is 6.16. The van der Waals surface area contributed by atoms with Crippen LogP contribution in [0.15, 0.2) is 72.2 Å². The van der Waals surface area contributed by atoms with Crippen molar-refractivity contribution >= 4 is 23.2 Å². The van der Waals surface area contributed by atoms with Gasteiger partial charge in [0.25, 0.3) is 11.8 Å². The maximum atomic E-state index is 11.6. The molecule has 0 unspecified atom stereocenters. The van der Waals surface area contributed by atoms with E-state index in [-0.39, 0.29) is 11.5 Å². The van der Waals surface area contributed by atoms with Crippen LogP contribution in [0.25, 0.3) is 11.1 Å². The first-order valence-corrected chi connectivity index (χ1v) is 7.90. The minimum Gasteiger partial charge on any atom is -0.512 e. The lowest BCUT2D eigenvalue weighted by Crippen LogP contribution is -2.08. The lowest BCUT2D eigenvalue weighted by Gasteiger charge is -2.07. The lowest BCUT2D eigenvalue weighted by molar-refractivity contribution is -0.112. The second-order valence-electron chi connectivity index (χ2n) is 5.70. The summed E-state index contributed by atoms with van der Waals surface area (Å²) in [5.41, 5.74) is 3.12. The number of carbonyl (C=O) groups excluding carboxylic acids is 2. The Bertz CT molecular complexity index is 769. The van der Waals surface area contributed by atoms with E-state index in [0.717, 1.165) is 23.3 Å². The Morgan fingerprint density at radius 3 is 1.27 bits per heavy atom. The number of benzene rings is 2. The third kappa shape index (κ3) is 5.83. The van der Waals surface area contributed by atoms with Crippen LogP contribution < -0.4 is 10.6 Å². The third-order valence-electron chi connectivity index (χ3n) is 3.32. The fourth-order valence-corrected chi connectivity index (χ4v) is 2.23. The molecule has 134 valence electrons. The smallest absolute Gasteiger partial charge is 0.251 e. The molecule has 0 aliphatic carbocycles. The van der Waals surface area contributed by atoms with Crippen LogP contribution in [-0.4, -0.2) is 22.0 Å². The largest absolute Gasteiger partial charge is 0.512 e. The first-order valence-electron chi connectivity index (χ1n) is 7.90. The van der Waals surface area contributed by atoms with Crippen LogP contribution in [0, 0.1) is 0 Å². The van der Waals surface area contributed by atoms with Crippen LogP contribution in [0.2, 0.25) is 0 Å². The zero-order valence-corrected chi connectivity index (χ0v) is 14.5. The van der Waals surface area contributed by atoms with E-state index in [0.29, 0.717) is 11.4 Å². The van der Waals surface area contributed by atoms with Gasteiger partial charge < -0.3 is 20.8 Å². The van der Waals surface area contributed by atoms with Crippen molar-refractivity contribution in [3.05, 3.63) is 72.2 Å². The van der Waals surface area contributed by atoms with Crippen LogP contribution in [0.3, 0.4) is 0 Å². The van der Waals surface area contributed by atoms with Gasteiger partial charge in [-0.1, -0.05) is 24.3 Å². The Labute approximate surface area is 151 Å². The summed E-state index contributed by atoms with van der Waals surface area (Å²) in [5.74, 6) is -0.915. The highest BCUT2D eigenvalue weighted by molar-refractivity contribution is 6.00. The van der Waals surface area contributed by atoms with E-state index in [1.54, 1.807) is 24.3 Å². The molecular formula is C20H20N2O4. The van der Waals surface area contributed by atoms with Gasteiger partial charge in [-0.15, -0.1) is 0 Å². The molecule has 4 N–H and O–H groups in total. The summed E-state index contributed by atoms with van der Waals surface area (Å²) in [7, 11) is 0. The van der Waals surface area contributed by atoms with Crippen LogP contribution in [-0.2, 0) is 9.59 Å². The number of aliphatic hydroxyl groups is 2. The number of hydrogen-bond acceptors (Lipinski definition) is 4. The second kappa shape index (κ2) is 8.53. The van der Waals surface area contributed by atoms with Crippen molar-refractivity contribution in [1.82, 2.24) is 0 Å². The molecule has 0 saturated carbocycles. The minimum absolute atomic E-state index is 0.0593. The molecule has 0 heterocycles. The van der Waals surface area contributed by atoms with Gasteiger partial charge in [-0.3, -0.25) is 9.59 Å². The van der Waals surface area contributed by atoms with E-state index >= 15 is 0 Å². The monoisotopic (exact) mass is 352 g/mol. The van der Waals surface area contributed by atoms with E-state index < -0.39 is 11.8 Å². The fourth-order valence-electron chi connectivity index (χ4n) is 2.23. The van der Waals surface area contributed by atoms with E-state index in [1.807, 2.05) is 24.3 Å². The van der Waals surface area contributed by atoms with Gasteiger partial charge in [-0.05, 0) is 49.2 Å². The molecule has 0 bridgehead atoms. The molecule has 2 aromatic carbocycles. The number of aliphatic hydroxyl groups excluding tert-OH is 2. The number of rotatable bonds is 5. The number of anilines is 2. The highest BCUT2D eigenvalue weighted by atomic mass is 16.3. The zero-order chi connectivity index (χ0) is 19.1. The number of carbonyl (C=O) groups is 2. The summed E-state index contributed by atoms with van der Waals surface area (Å²) in [6.45, 7) is 2.85. The molecule has 0 saturated heterocycles. The van der Waals surface area contributed by atoms with E-state index in [1.165, 1.54) is 13.8 Å². The maximum Gasteiger partial charge on any atom is 0.251 e. The summed E-state index contributed by atoms with van der Waals surface area (Å²) in [4.78, 5) is 23.1. The molecule has 0 radical (unpaired) electrons. The number of hydrogen-bond donors (Lipinski definition) is 4. The van der Waals surface area contributed by atoms with Gasteiger partial charge in [0.05, 0.1) is 11.5 Å². The predicted molar refractivity (Wildman–Crippen MR) is 102 cm³/mol. The van der Waals surface area contributed by atoms with Gasteiger partial charge in [0.15, 0.2) is 0 Å². The summed E-state index contributed by atoms with van der Waals surface area (Å²) in [6.07, 6.45) is 2.21. The van der Waals surface area contributed by atoms with Crippen LogP contribution in [0.1, 0.15) is 13.8 Å². The summed E-state index contributed by atoms with van der Waals surface area (Å²) >= 11 is 0. The van der Waals surface area contributed by atoms with Gasteiger partial charge in [0.2, 0.25) is 0 Å². The molecule has 26 heavy (non-hydrogen) atoms. The summed E-state index contributed by atoms with van der Waals surface area (Å²) in [5, 5.41) is 23.4. The molecule has 6 heteroatoms. The highest BCUT2D eigenvalue weighted by Crippen LogP contribution is 2.23. The topological polar surface area (TPSA) is 98.7 Å². The predicted octanol–water partition coefficient (Wildman–Crippen LogP) is 4.15. The van der Waals surface area contributed by atoms with Gasteiger partial charge in [-0.2, -0.15) is 0 Å². The third-order valence-corrected chi connectivity index (χ3v) is 3.32. The van der Waals surface area contributed by atoms with E-state index in [4.69, 9.17) is 10.2 Å². The molecule has 0 aliphatic heterocycles. The fraction of sp³-hybridized carbons (Fsp3) is 0.100. The average Bonchev–Trinajstić information content (AvgIpc) is 2.54. The first-order chi connectivity index (χ1) is 12.3. The number of nitrogens with one attached hydrogen (secondary N) is 2. The number of allylic oxidation sites excluding steroid dienone is 2. The highest BCUT2D eigenvalue weighted by Gasteiger charge is 2.03. The zero-order valence-electron chi connectivity index (χ0n) is 14.5. The first kappa shape index (κ1) is 18.8. The molecule has 2 rings (SSSR count). The van der Waals surface area contributed by atoms with Gasteiger partial charge >= 0.3 is 0 Å². The summed E-state index contributed by atoms with van der Waals surface area (Å²) < 4.78 is 0. The van der Waals surface area contributed by atoms with Gasteiger partial charge in [0, 0.05) is 23.5 Å². The van der Waals surface area contributed by atoms with Crippen LogP contribution >= 0.6 is 0 Å². The van der Waals surface area contributed by atoms with Crippen molar-refractivity contribution in [1.29, 1.82) is 0 Å². The molecule has 2 aromatic rings. The Hall–Kier alpha value is -3.54. The molecule has 0 fully saturated rings. The average molecular weight is 352 g/mol. The Morgan fingerprint density at radius 1 is 0.692 bits per heavy atom. The maximum absolute atomic E-state index is 11.6. The van der Waals surface area contributed by atoms with Crippen LogP contribution in [0.4, 0.5) is 11.4 Å². The number of amides is 2. The SMILES string of the molecule is C/C(O)=C/C(=O)Nc1ccc(-c2ccc(NC(=O)/C=C(/C)O)cc2)cc1. The minimum atomic E-state index is -0.398. The summed E-state index contributed by atoms with van der Waals surface area (Å²) in [6, 6.07) is 14.5. The standard InChI is InChI=1S/C20H20N2O4/c1-13(23)11-19(25)21-17-7-3-15(4-8-17)16-5-9-18(10-6-16)22-20(26)12-14(2)24/h3-12,23-24H,1-2H3,(H,21,25)(H,22,26)/b13-11-,14-12-. The Balaban J connectivity index is 2.05. The van der Waals surface area contributed by atoms with Crippen molar-refractivity contribution in [2.45, 2.75) is 13.8 Å². The van der Waals surface area contributed by atoms with Crippen molar-refractivity contribution in [3.8, 4) is 11.1 Å². The molecule has 0 spiro atoms. The van der Waals surface area contributed by atoms with E-state index in [2.05, 4.69) is 10.6 Å². The molecule has 0 aromatic heterocycles. The van der Waals surface area contributed by atoms with Gasteiger partial charge in [0.1, 0.15) is 0 Å². The normalized spacial score (nSPS) is 11.8. The van der Waals surface area contributed by atoms with Gasteiger partial charge in [-0.25, -0.2) is 0 Å². The van der Waals surface area contributed by atoms with E-state index in [9.17, 15) is 9.59 Å². The second-order valence-corrected chi connectivity index (χ2v) is 5.70. The van der Waals surface area contributed by atoms with Crippen molar-refractivity contribution in [2.24, 2.45) is 0 Å².